The Hall–Kier alpha value is -2.68. The SMILES string of the molecule is CN1C(=O)CC(NC(=O)C(C#N)c2ccccc2)C1=O. The predicted octanol–water partition coefficient (Wildman–Crippen LogP) is 0.167. The molecule has 1 saturated heterocycles. The van der Waals surface area contributed by atoms with Gasteiger partial charge < -0.3 is 5.32 Å². The monoisotopic (exact) mass is 271 g/mol. The number of nitrogens with zero attached hydrogens (tertiary/aromatic N) is 2. The number of nitrogens with one attached hydrogen (secondary N) is 1. The Bertz CT molecular complexity index is 591. The summed E-state index contributed by atoms with van der Waals surface area (Å²) in [5.74, 6) is -2.35. The lowest BCUT2D eigenvalue weighted by Crippen LogP contribution is -2.42. The fourth-order valence-electron chi connectivity index (χ4n) is 2.05. The number of likely N-dealkylation sites (tertiary alicyclic amines) is 1. The number of carbonyl (C=O) groups is 3. The summed E-state index contributed by atoms with van der Waals surface area (Å²) < 4.78 is 0. The van der Waals surface area contributed by atoms with E-state index in [1.807, 2.05) is 6.07 Å². The maximum absolute atomic E-state index is 12.1. The first-order chi connectivity index (χ1) is 9.54. The van der Waals surface area contributed by atoms with Crippen LogP contribution in [-0.4, -0.2) is 35.7 Å². The largest absolute Gasteiger partial charge is 0.342 e. The number of nitriles is 1. The average Bonchev–Trinajstić information content (AvgIpc) is 2.68. The molecule has 2 atom stereocenters. The van der Waals surface area contributed by atoms with Crippen LogP contribution in [0.5, 0.6) is 0 Å². The molecular formula is C14H13N3O3. The van der Waals surface area contributed by atoms with Crippen molar-refractivity contribution in [3.63, 3.8) is 0 Å². The highest BCUT2D eigenvalue weighted by Gasteiger charge is 2.38. The number of benzene rings is 1. The predicted molar refractivity (Wildman–Crippen MR) is 69.1 cm³/mol. The molecule has 0 radical (unpaired) electrons. The van der Waals surface area contributed by atoms with E-state index in [0.717, 1.165) is 4.90 Å². The normalized spacial score (nSPS) is 19.6. The summed E-state index contributed by atoms with van der Waals surface area (Å²) >= 11 is 0. The maximum atomic E-state index is 12.1. The topological polar surface area (TPSA) is 90.3 Å². The molecule has 6 nitrogen and oxygen atoms in total. The van der Waals surface area contributed by atoms with Crippen molar-refractivity contribution in [1.29, 1.82) is 5.26 Å². The minimum absolute atomic E-state index is 0.0615. The van der Waals surface area contributed by atoms with Crippen molar-refractivity contribution in [2.75, 3.05) is 7.05 Å². The summed E-state index contributed by atoms with van der Waals surface area (Å²) in [5.41, 5.74) is 0.553. The lowest BCUT2D eigenvalue weighted by Gasteiger charge is -2.14. The number of hydrogen-bond donors (Lipinski definition) is 1. The summed E-state index contributed by atoms with van der Waals surface area (Å²) in [6, 6.07) is 9.60. The quantitative estimate of drug-likeness (QED) is 0.793. The highest BCUT2D eigenvalue weighted by Crippen LogP contribution is 2.17. The van der Waals surface area contributed by atoms with E-state index in [1.54, 1.807) is 30.3 Å². The highest BCUT2D eigenvalue weighted by molar-refractivity contribution is 6.07. The first-order valence-electron chi connectivity index (χ1n) is 6.10. The van der Waals surface area contributed by atoms with Crippen LogP contribution in [0.2, 0.25) is 0 Å². The van der Waals surface area contributed by atoms with Crippen molar-refractivity contribution in [3.8, 4) is 6.07 Å². The fourth-order valence-corrected chi connectivity index (χ4v) is 2.05. The summed E-state index contributed by atoms with van der Waals surface area (Å²) in [5, 5.41) is 11.6. The molecule has 1 fully saturated rings. The molecule has 2 unspecified atom stereocenters. The Balaban J connectivity index is 2.10. The second kappa shape index (κ2) is 5.53. The Kier molecular flexibility index (Phi) is 3.80. The summed E-state index contributed by atoms with van der Waals surface area (Å²) in [7, 11) is 1.37. The van der Waals surface area contributed by atoms with Gasteiger partial charge in [-0.15, -0.1) is 0 Å². The minimum atomic E-state index is -0.995. The van der Waals surface area contributed by atoms with Gasteiger partial charge in [-0.25, -0.2) is 0 Å². The molecule has 1 aliphatic heterocycles. The molecule has 20 heavy (non-hydrogen) atoms. The maximum Gasteiger partial charge on any atom is 0.252 e. The van der Waals surface area contributed by atoms with Gasteiger partial charge in [0.25, 0.3) is 5.91 Å². The van der Waals surface area contributed by atoms with Crippen molar-refractivity contribution >= 4 is 17.7 Å². The smallest absolute Gasteiger partial charge is 0.252 e. The van der Waals surface area contributed by atoms with Gasteiger partial charge in [-0.05, 0) is 5.56 Å². The third-order valence-corrected chi connectivity index (χ3v) is 3.22. The minimum Gasteiger partial charge on any atom is -0.342 e. The van der Waals surface area contributed by atoms with E-state index in [9.17, 15) is 14.4 Å². The van der Waals surface area contributed by atoms with Crippen LogP contribution in [0.25, 0.3) is 0 Å². The number of hydrogen-bond acceptors (Lipinski definition) is 4. The van der Waals surface area contributed by atoms with Crippen LogP contribution in [0.1, 0.15) is 17.9 Å². The third-order valence-electron chi connectivity index (χ3n) is 3.22. The summed E-state index contributed by atoms with van der Waals surface area (Å²) in [6.07, 6.45) is -0.0615. The molecule has 0 spiro atoms. The van der Waals surface area contributed by atoms with Gasteiger partial charge in [0.05, 0.1) is 12.5 Å². The van der Waals surface area contributed by atoms with Crippen molar-refractivity contribution in [2.45, 2.75) is 18.4 Å². The zero-order chi connectivity index (χ0) is 14.7. The molecule has 6 heteroatoms. The number of likely N-dealkylation sites (N-methyl/N-ethyl adjacent to an activating group) is 1. The van der Waals surface area contributed by atoms with Crippen LogP contribution in [0.15, 0.2) is 30.3 Å². The lowest BCUT2D eigenvalue weighted by atomic mass is 9.99. The van der Waals surface area contributed by atoms with E-state index >= 15 is 0 Å². The molecule has 2 rings (SSSR count). The summed E-state index contributed by atoms with van der Waals surface area (Å²) in [4.78, 5) is 36.1. The number of carbonyl (C=O) groups excluding carboxylic acids is 3. The van der Waals surface area contributed by atoms with Crippen LogP contribution in [-0.2, 0) is 14.4 Å². The number of imide groups is 1. The van der Waals surface area contributed by atoms with Gasteiger partial charge >= 0.3 is 0 Å². The van der Waals surface area contributed by atoms with E-state index in [4.69, 9.17) is 5.26 Å². The summed E-state index contributed by atoms with van der Waals surface area (Å²) in [6.45, 7) is 0. The van der Waals surface area contributed by atoms with Crippen LogP contribution >= 0.6 is 0 Å². The van der Waals surface area contributed by atoms with Gasteiger partial charge in [0, 0.05) is 7.05 Å². The first-order valence-corrected chi connectivity index (χ1v) is 6.10. The van der Waals surface area contributed by atoms with Crippen molar-refractivity contribution in [3.05, 3.63) is 35.9 Å². The highest BCUT2D eigenvalue weighted by atomic mass is 16.2. The van der Waals surface area contributed by atoms with Crippen molar-refractivity contribution < 1.29 is 14.4 Å². The van der Waals surface area contributed by atoms with Gasteiger partial charge in [-0.2, -0.15) is 5.26 Å². The van der Waals surface area contributed by atoms with Gasteiger partial charge in [0.15, 0.2) is 0 Å². The fraction of sp³-hybridized carbons (Fsp3) is 0.286. The first kappa shape index (κ1) is 13.7. The molecule has 0 bridgehead atoms. The van der Waals surface area contributed by atoms with Gasteiger partial charge in [0.2, 0.25) is 11.8 Å². The molecule has 1 aliphatic rings. The number of rotatable bonds is 3. The average molecular weight is 271 g/mol. The van der Waals surface area contributed by atoms with Crippen molar-refractivity contribution in [2.24, 2.45) is 0 Å². The Morgan fingerprint density at radius 2 is 2.05 bits per heavy atom. The zero-order valence-electron chi connectivity index (χ0n) is 10.9. The van der Waals surface area contributed by atoms with Crippen molar-refractivity contribution in [1.82, 2.24) is 10.2 Å². The second-order valence-electron chi connectivity index (χ2n) is 4.53. The number of amides is 3. The third kappa shape index (κ3) is 2.52. The Morgan fingerprint density at radius 1 is 1.40 bits per heavy atom. The molecular weight excluding hydrogens is 258 g/mol. The molecule has 1 heterocycles. The molecule has 0 saturated carbocycles. The molecule has 3 amide bonds. The Morgan fingerprint density at radius 3 is 2.55 bits per heavy atom. The molecule has 1 aromatic carbocycles. The Labute approximate surface area is 116 Å². The van der Waals surface area contributed by atoms with E-state index in [2.05, 4.69) is 5.32 Å². The van der Waals surface area contributed by atoms with Gasteiger partial charge in [-0.1, -0.05) is 30.3 Å². The molecule has 0 aliphatic carbocycles. The van der Waals surface area contributed by atoms with Gasteiger partial charge in [-0.3, -0.25) is 19.3 Å². The second-order valence-corrected chi connectivity index (χ2v) is 4.53. The zero-order valence-corrected chi connectivity index (χ0v) is 10.9. The van der Waals surface area contributed by atoms with Crippen LogP contribution in [0, 0.1) is 11.3 Å². The van der Waals surface area contributed by atoms with E-state index in [-0.39, 0.29) is 12.3 Å². The van der Waals surface area contributed by atoms with Crippen LogP contribution < -0.4 is 5.32 Å². The van der Waals surface area contributed by atoms with E-state index < -0.39 is 23.8 Å². The molecule has 0 aromatic heterocycles. The van der Waals surface area contributed by atoms with E-state index in [1.165, 1.54) is 7.05 Å². The van der Waals surface area contributed by atoms with Crippen LogP contribution in [0.3, 0.4) is 0 Å². The van der Waals surface area contributed by atoms with Crippen LogP contribution in [0.4, 0.5) is 0 Å². The lowest BCUT2D eigenvalue weighted by molar-refractivity contribution is -0.138. The molecule has 1 N–H and O–H groups in total. The molecule has 102 valence electrons. The van der Waals surface area contributed by atoms with E-state index in [0.29, 0.717) is 5.56 Å². The van der Waals surface area contributed by atoms with Gasteiger partial charge in [0.1, 0.15) is 12.0 Å². The molecule has 1 aromatic rings. The standard InChI is InChI=1S/C14H13N3O3/c1-17-12(18)7-11(14(17)20)16-13(19)10(8-15)9-5-3-2-4-6-9/h2-6,10-11H,7H2,1H3,(H,16,19).